The van der Waals surface area contributed by atoms with Crippen LogP contribution in [0.1, 0.15) is 49.4 Å². The molecule has 0 aliphatic carbocycles. The van der Waals surface area contributed by atoms with Crippen LogP contribution in [0.3, 0.4) is 0 Å². The Morgan fingerprint density at radius 3 is 2.42 bits per heavy atom. The van der Waals surface area contributed by atoms with Gasteiger partial charge in [0.05, 0.1) is 6.54 Å². The fourth-order valence-corrected chi connectivity index (χ4v) is 3.37. The van der Waals surface area contributed by atoms with Crippen molar-refractivity contribution in [3.63, 3.8) is 0 Å². The number of aromatic amines is 1. The Bertz CT molecular complexity index is 671. The highest BCUT2D eigenvalue weighted by Gasteiger charge is 2.32. The van der Waals surface area contributed by atoms with E-state index in [1.54, 1.807) is 4.90 Å². The summed E-state index contributed by atoms with van der Waals surface area (Å²) < 4.78 is 5.47. The second kappa shape index (κ2) is 7.26. The fourth-order valence-electron chi connectivity index (χ4n) is 3.37. The molecule has 1 saturated heterocycles. The SMILES string of the molecule is CCN1CCN(C(=O)c2n[nH]c3c2CN(C(=O)OC(C)(C)C)CC3)CC1. The van der Waals surface area contributed by atoms with Crippen molar-refractivity contribution in [2.24, 2.45) is 0 Å². The minimum Gasteiger partial charge on any atom is -0.444 e. The number of nitrogens with one attached hydrogen (secondary N) is 1. The average Bonchev–Trinajstić information content (AvgIpc) is 3.03. The van der Waals surface area contributed by atoms with Crippen molar-refractivity contribution in [2.45, 2.75) is 46.3 Å². The summed E-state index contributed by atoms with van der Waals surface area (Å²) in [5.41, 5.74) is 1.68. The number of fused-ring (bicyclic) bond motifs is 1. The molecule has 2 amide bonds. The number of ether oxygens (including phenoxy) is 1. The molecule has 2 aliphatic rings. The summed E-state index contributed by atoms with van der Waals surface area (Å²) in [6.45, 7) is 12.8. The van der Waals surface area contributed by atoms with Crippen molar-refractivity contribution in [1.29, 1.82) is 0 Å². The van der Waals surface area contributed by atoms with Gasteiger partial charge in [-0.05, 0) is 27.3 Å². The zero-order chi connectivity index (χ0) is 18.9. The molecule has 3 heterocycles. The number of likely N-dealkylation sites (N-methyl/N-ethyl adjacent to an activating group) is 1. The van der Waals surface area contributed by atoms with Crippen LogP contribution in [0.4, 0.5) is 4.79 Å². The molecule has 0 saturated carbocycles. The first kappa shape index (κ1) is 18.7. The predicted molar refractivity (Wildman–Crippen MR) is 97.0 cm³/mol. The minimum atomic E-state index is -0.536. The molecule has 2 aliphatic heterocycles. The normalized spacial score (nSPS) is 18.6. The topological polar surface area (TPSA) is 81.8 Å². The Kier molecular flexibility index (Phi) is 5.22. The second-order valence-corrected chi connectivity index (χ2v) is 7.91. The highest BCUT2D eigenvalue weighted by Crippen LogP contribution is 2.23. The van der Waals surface area contributed by atoms with E-state index in [2.05, 4.69) is 22.0 Å². The first-order valence-corrected chi connectivity index (χ1v) is 9.34. The summed E-state index contributed by atoms with van der Waals surface area (Å²) in [7, 11) is 0. The van der Waals surface area contributed by atoms with Crippen LogP contribution in [0.15, 0.2) is 0 Å². The van der Waals surface area contributed by atoms with E-state index < -0.39 is 5.60 Å². The maximum absolute atomic E-state index is 12.9. The van der Waals surface area contributed by atoms with Gasteiger partial charge in [-0.1, -0.05) is 6.92 Å². The molecule has 0 unspecified atom stereocenters. The number of amides is 2. The Morgan fingerprint density at radius 1 is 1.12 bits per heavy atom. The summed E-state index contributed by atoms with van der Waals surface area (Å²) in [4.78, 5) is 31.1. The lowest BCUT2D eigenvalue weighted by atomic mass is 10.0. The molecular weight excluding hydrogens is 334 g/mol. The number of carbonyl (C=O) groups is 2. The zero-order valence-electron chi connectivity index (χ0n) is 16.2. The predicted octanol–water partition coefficient (Wildman–Crippen LogP) is 1.48. The third kappa shape index (κ3) is 4.00. The summed E-state index contributed by atoms with van der Waals surface area (Å²) in [5, 5.41) is 7.26. The van der Waals surface area contributed by atoms with E-state index in [1.807, 2.05) is 25.7 Å². The monoisotopic (exact) mass is 363 g/mol. The number of hydrogen-bond acceptors (Lipinski definition) is 5. The summed E-state index contributed by atoms with van der Waals surface area (Å²) >= 11 is 0. The standard InChI is InChI=1S/C18H29N5O3/c1-5-21-8-10-22(11-9-21)16(24)15-13-12-23(7-6-14(13)19-20-15)17(25)26-18(2,3)4/h5-12H2,1-4H3,(H,19,20). The van der Waals surface area contributed by atoms with Gasteiger partial charge in [0.25, 0.3) is 5.91 Å². The molecule has 1 N–H and O–H groups in total. The molecule has 0 aromatic carbocycles. The minimum absolute atomic E-state index is 0.0516. The van der Waals surface area contributed by atoms with Crippen molar-refractivity contribution >= 4 is 12.0 Å². The second-order valence-electron chi connectivity index (χ2n) is 7.91. The van der Waals surface area contributed by atoms with E-state index in [1.165, 1.54) is 0 Å². The molecule has 0 bridgehead atoms. The van der Waals surface area contributed by atoms with Crippen molar-refractivity contribution in [3.8, 4) is 0 Å². The first-order valence-electron chi connectivity index (χ1n) is 9.34. The van der Waals surface area contributed by atoms with Gasteiger partial charge in [0.2, 0.25) is 0 Å². The average molecular weight is 363 g/mol. The van der Waals surface area contributed by atoms with Crippen LogP contribution in [-0.4, -0.2) is 81.8 Å². The molecule has 0 spiro atoms. The Hall–Kier alpha value is -2.09. The molecule has 3 rings (SSSR count). The van der Waals surface area contributed by atoms with Gasteiger partial charge in [0.15, 0.2) is 5.69 Å². The van der Waals surface area contributed by atoms with Crippen LogP contribution < -0.4 is 0 Å². The summed E-state index contributed by atoms with van der Waals surface area (Å²) in [6, 6.07) is 0. The van der Waals surface area contributed by atoms with Crippen LogP contribution >= 0.6 is 0 Å². The Labute approximate surface area is 154 Å². The van der Waals surface area contributed by atoms with E-state index in [-0.39, 0.29) is 12.0 Å². The smallest absolute Gasteiger partial charge is 0.410 e. The van der Waals surface area contributed by atoms with Gasteiger partial charge in [0, 0.05) is 50.4 Å². The highest BCUT2D eigenvalue weighted by atomic mass is 16.6. The third-order valence-electron chi connectivity index (χ3n) is 4.89. The molecule has 26 heavy (non-hydrogen) atoms. The van der Waals surface area contributed by atoms with E-state index >= 15 is 0 Å². The van der Waals surface area contributed by atoms with Crippen molar-refractivity contribution in [2.75, 3.05) is 39.3 Å². The number of aromatic nitrogens is 2. The van der Waals surface area contributed by atoms with E-state index in [0.717, 1.165) is 30.9 Å². The Balaban J connectivity index is 1.70. The highest BCUT2D eigenvalue weighted by molar-refractivity contribution is 5.94. The van der Waals surface area contributed by atoms with Gasteiger partial charge >= 0.3 is 6.09 Å². The largest absolute Gasteiger partial charge is 0.444 e. The number of carbonyl (C=O) groups excluding carboxylic acids is 2. The molecular formula is C18H29N5O3. The molecule has 0 atom stereocenters. The maximum atomic E-state index is 12.9. The van der Waals surface area contributed by atoms with E-state index in [0.29, 0.717) is 38.3 Å². The summed E-state index contributed by atoms with van der Waals surface area (Å²) in [5.74, 6) is -0.0516. The van der Waals surface area contributed by atoms with Crippen LogP contribution in [0, 0.1) is 0 Å². The van der Waals surface area contributed by atoms with Gasteiger partial charge in [-0.3, -0.25) is 9.89 Å². The molecule has 144 valence electrons. The number of rotatable bonds is 2. The summed E-state index contributed by atoms with van der Waals surface area (Å²) in [6.07, 6.45) is 0.303. The third-order valence-corrected chi connectivity index (χ3v) is 4.89. The first-order chi connectivity index (χ1) is 12.3. The van der Waals surface area contributed by atoms with Crippen LogP contribution in [0.5, 0.6) is 0 Å². The molecule has 0 radical (unpaired) electrons. The van der Waals surface area contributed by atoms with Crippen LogP contribution in [0.2, 0.25) is 0 Å². The number of piperazine rings is 1. The molecule has 1 aromatic rings. The zero-order valence-corrected chi connectivity index (χ0v) is 16.2. The molecule has 8 nitrogen and oxygen atoms in total. The van der Waals surface area contributed by atoms with Gasteiger partial charge in [-0.15, -0.1) is 0 Å². The van der Waals surface area contributed by atoms with Crippen molar-refractivity contribution < 1.29 is 14.3 Å². The Morgan fingerprint density at radius 2 is 1.81 bits per heavy atom. The van der Waals surface area contributed by atoms with Gasteiger partial charge in [-0.2, -0.15) is 5.10 Å². The van der Waals surface area contributed by atoms with Crippen molar-refractivity contribution in [1.82, 2.24) is 24.9 Å². The fraction of sp³-hybridized carbons (Fsp3) is 0.722. The lowest BCUT2D eigenvalue weighted by Gasteiger charge is -2.34. The van der Waals surface area contributed by atoms with Gasteiger partial charge < -0.3 is 19.4 Å². The van der Waals surface area contributed by atoms with Crippen molar-refractivity contribution in [3.05, 3.63) is 17.0 Å². The number of H-pyrrole nitrogens is 1. The van der Waals surface area contributed by atoms with Crippen LogP contribution in [0.25, 0.3) is 0 Å². The quantitative estimate of drug-likeness (QED) is 0.861. The van der Waals surface area contributed by atoms with Gasteiger partial charge in [-0.25, -0.2) is 4.79 Å². The molecule has 1 aromatic heterocycles. The maximum Gasteiger partial charge on any atom is 0.410 e. The number of hydrogen-bond donors (Lipinski definition) is 1. The van der Waals surface area contributed by atoms with Crippen LogP contribution in [-0.2, 0) is 17.7 Å². The number of nitrogens with zero attached hydrogens (tertiary/aromatic N) is 4. The molecule has 8 heteroatoms. The van der Waals surface area contributed by atoms with E-state index in [9.17, 15) is 9.59 Å². The lowest BCUT2D eigenvalue weighted by Crippen LogP contribution is -2.49. The molecule has 1 fully saturated rings. The van der Waals surface area contributed by atoms with Gasteiger partial charge in [0.1, 0.15) is 5.60 Å². The van der Waals surface area contributed by atoms with E-state index in [4.69, 9.17) is 4.74 Å². The lowest BCUT2D eigenvalue weighted by molar-refractivity contribution is 0.0221.